The topological polar surface area (TPSA) is 274 Å². The van der Waals surface area contributed by atoms with Crippen molar-refractivity contribution < 1.29 is 63.5 Å². The van der Waals surface area contributed by atoms with Crippen molar-refractivity contribution in [1.29, 1.82) is 0 Å². The van der Waals surface area contributed by atoms with Crippen molar-refractivity contribution in [2.24, 2.45) is 11.1 Å². The molecule has 5 aromatic carbocycles. The van der Waals surface area contributed by atoms with Gasteiger partial charge in [-0.2, -0.15) is 13.2 Å². The molecule has 2 fully saturated rings. The maximum Gasteiger partial charge on any atom is 0.501 e. The molecule has 0 aromatic heterocycles. The molecular formula is C71H89ClF3N11O11S3. The maximum atomic E-state index is 14.5. The zero-order valence-electron chi connectivity index (χ0n) is 56.7. The molecule has 3 heterocycles. The Morgan fingerprint density at radius 2 is 1.51 bits per heavy atom. The Hall–Kier alpha value is -7.70. The van der Waals surface area contributed by atoms with Gasteiger partial charge in [0.05, 0.1) is 48.3 Å². The molecule has 9 rings (SSSR count). The van der Waals surface area contributed by atoms with E-state index in [2.05, 4.69) is 61.9 Å². The second-order valence-corrected chi connectivity index (χ2v) is 31.2. The number of sulfone groups is 1. The van der Waals surface area contributed by atoms with Crippen molar-refractivity contribution in [3.05, 3.63) is 160 Å². The van der Waals surface area contributed by atoms with E-state index < -0.39 is 70.7 Å². The number of amides is 5. The average molecular weight is 1460 g/mol. The number of alkyl halides is 3. The minimum Gasteiger partial charge on any atom is -0.399 e. The maximum absolute atomic E-state index is 14.5. The van der Waals surface area contributed by atoms with Crippen molar-refractivity contribution >= 4 is 95.4 Å². The second kappa shape index (κ2) is 34.8. The fourth-order valence-corrected chi connectivity index (χ4v) is 15.7. The van der Waals surface area contributed by atoms with Gasteiger partial charge >= 0.3 is 5.51 Å². The minimum atomic E-state index is -6.16. The van der Waals surface area contributed by atoms with Crippen LogP contribution >= 0.6 is 23.4 Å². The summed E-state index contributed by atoms with van der Waals surface area (Å²) < 4.78 is 111. The molecule has 0 saturated carbocycles. The van der Waals surface area contributed by atoms with Crippen LogP contribution in [0, 0.1) is 5.41 Å². The first kappa shape index (κ1) is 76.5. The van der Waals surface area contributed by atoms with Gasteiger partial charge in [-0.15, -0.1) is 11.8 Å². The molecule has 7 N–H and O–H groups in total. The summed E-state index contributed by atoms with van der Waals surface area (Å²) in [5.41, 5.74) is 7.13. The van der Waals surface area contributed by atoms with Gasteiger partial charge in [0.1, 0.15) is 10.9 Å². The first-order valence-electron chi connectivity index (χ1n) is 33.5. The van der Waals surface area contributed by atoms with Gasteiger partial charge < -0.3 is 45.9 Å². The molecule has 3 aliphatic heterocycles. The first-order chi connectivity index (χ1) is 47.6. The second-order valence-electron chi connectivity index (χ2n) is 26.1. The number of piperazine rings is 2. The molecule has 22 nitrogen and oxygen atoms in total. The molecule has 5 aromatic rings. The van der Waals surface area contributed by atoms with Crippen LogP contribution in [0.5, 0.6) is 0 Å². The molecule has 100 heavy (non-hydrogen) atoms. The highest BCUT2D eigenvalue weighted by molar-refractivity contribution is 7.99. The molecule has 4 aliphatic rings. The molecule has 0 radical (unpaired) electrons. The average Bonchev–Trinajstić information content (AvgIpc) is 1.02. The number of sulfonamides is 1. The van der Waals surface area contributed by atoms with Crippen LogP contribution in [0.25, 0.3) is 5.57 Å². The number of carbonyl (C=O) groups excluding carboxylic acids is 5. The number of imide groups is 1. The molecule has 2 unspecified atom stereocenters. The van der Waals surface area contributed by atoms with Crippen molar-refractivity contribution in [1.82, 2.24) is 35.0 Å². The van der Waals surface area contributed by atoms with Gasteiger partial charge in [-0.1, -0.05) is 73.5 Å². The molecule has 1 aliphatic carbocycles. The van der Waals surface area contributed by atoms with Gasteiger partial charge in [-0.05, 0) is 134 Å². The van der Waals surface area contributed by atoms with Crippen LogP contribution in [-0.4, -0.2) is 194 Å². The van der Waals surface area contributed by atoms with E-state index >= 15 is 0 Å². The summed E-state index contributed by atoms with van der Waals surface area (Å²) in [6.45, 7) is 15.7. The molecule has 0 bridgehead atoms. The Morgan fingerprint density at radius 1 is 0.810 bits per heavy atom. The minimum absolute atomic E-state index is 0.0260. The number of thioether (sulfide) groups is 1. The number of benzene rings is 5. The molecule has 29 heteroatoms. The number of fused-ring (bicyclic) bond motifs is 1. The third kappa shape index (κ3) is 21.0. The lowest BCUT2D eigenvalue weighted by atomic mass is 9.73. The normalized spacial score (nSPS) is 17.0. The van der Waals surface area contributed by atoms with Crippen LogP contribution in [0.15, 0.2) is 147 Å². The number of ether oxygens (including phenoxy) is 2. The highest BCUT2D eigenvalue weighted by Crippen LogP contribution is 2.43. The summed E-state index contributed by atoms with van der Waals surface area (Å²) in [5, 5.41) is 12.3. The van der Waals surface area contributed by atoms with E-state index in [0.29, 0.717) is 113 Å². The molecule has 0 spiro atoms. The Kier molecular flexibility index (Phi) is 26.6. The predicted molar refractivity (Wildman–Crippen MR) is 382 cm³/mol. The summed E-state index contributed by atoms with van der Waals surface area (Å²) in [6.07, 6.45) is 5.85. The number of nitrogens with two attached hydrogens (primary N) is 1. The summed E-state index contributed by atoms with van der Waals surface area (Å²) >= 11 is 7.62. The Balaban J connectivity index is 0.706. The summed E-state index contributed by atoms with van der Waals surface area (Å²) in [6, 6.07) is 30.0. The highest BCUT2D eigenvalue weighted by atomic mass is 35.5. The van der Waals surface area contributed by atoms with E-state index in [1.165, 1.54) is 52.4 Å². The third-order valence-corrected chi connectivity index (χ3v) is 22.4. The summed E-state index contributed by atoms with van der Waals surface area (Å²) in [4.78, 5) is 72.5. The van der Waals surface area contributed by atoms with Gasteiger partial charge in [0.25, 0.3) is 31.7 Å². The van der Waals surface area contributed by atoms with E-state index in [0.717, 1.165) is 67.2 Å². The summed E-state index contributed by atoms with van der Waals surface area (Å²) in [7, 11) is -11.1. The first-order valence-corrected chi connectivity index (χ1v) is 37.8. The van der Waals surface area contributed by atoms with Crippen molar-refractivity contribution in [3.8, 4) is 0 Å². The zero-order valence-corrected chi connectivity index (χ0v) is 59.9. The molecule has 540 valence electrons. The lowest BCUT2D eigenvalue weighted by Gasteiger charge is -2.39. The van der Waals surface area contributed by atoms with Crippen molar-refractivity contribution in [2.45, 2.75) is 105 Å². The lowest BCUT2D eigenvalue weighted by molar-refractivity contribution is -0.133. The van der Waals surface area contributed by atoms with E-state index in [4.69, 9.17) is 26.8 Å². The van der Waals surface area contributed by atoms with Crippen LogP contribution < -0.4 is 36.6 Å². The van der Waals surface area contributed by atoms with E-state index in [1.807, 2.05) is 59.3 Å². The quantitative estimate of drug-likeness (QED) is 0.0173. The number of rotatable bonds is 32. The van der Waals surface area contributed by atoms with Gasteiger partial charge in [-0.3, -0.25) is 39.1 Å². The number of hydrogen-bond donors (Lipinski definition) is 6. The number of nitrogens with zero attached hydrogens (tertiary/aromatic N) is 5. The van der Waals surface area contributed by atoms with Gasteiger partial charge in [0.15, 0.2) is 0 Å². The number of carbonyl (C=O) groups is 5. The van der Waals surface area contributed by atoms with Crippen LogP contribution in [0.4, 0.5) is 30.2 Å². The lowest BCUT2D eigenvalue weighted by Crippen LogP contribution is -2.49. The van der Waals surface area contributed by atoms with E-state index in [1.54, 1.807) is 36.2 Å². The highest BCUT2D eigenvalue weighted by Gasteiger charge is 2.49. The fraction of sp³-hybridized carbons (Fsp3) is 0.451. The van der Waals surface area contributed by atoms with Crippen molar-refractivity contribution in [3.63, 3.8) is 0 Å². The predicted octanol–water partition coefficient (Wildman–Crippen LogP) is 8.97. The molecular weight excluding hydrogens is 1370 g/mol. The number of anilines is 3. The smallest absolute Gasteiger partial charge is 0.399 e. The fourth-order valence-electron chi connectivity index (χ4n) is 12.6. The number of nitrogens with one attached hydrogen (secondary N) is 5. The zero-order chi connectivity index (χ0) is 71.8. The van der Waals surface area contributed by atoms with Gasteiger partial charge in [0.2, 0.25) is 17.7 Å². The third-order valence-electron chi connectivity index (χ3n) is 18.1. The van der Waals surface area contributed by atoms with Gasteiger partial charge in [0, 0.05) is 143 Å². The van der Waals surface area contributed by atoms with Crippen LogP contribution in [-0.2, 0) is 50.3 Å². The van der Waals surface area contributed by atoms with Gasteiger partial charge in [-0.25, -0.2) is 21.6 Å². The van der Waals surface area contributed by atoms with Crippen LogP contribution in [0.3, 0.4) is 0 Å². The Labute approximate surface area is 592 Å². The molecule has 2 saturated heterocycles. The van der Waals surface area contributed by atoms with Crippen LogP contribution in [0.1, 0.15) is 98.1 Å². The van der Waals surface area contributed by atoms with Crippen molar-refractivity contribution in [2.75, 3.05) is 126 Å². The van der Waals surface area contributed by atoms with E-state index in [9.17, 15) is 54.0 Å². The number of halogens is 4. The molecule has 5 amide bonds. The molecule has 2 atom stereocenters. The summed E-state index contributed by atoms with van der Waals surface area (Å²) in [5.74, 6) is -2.16. The number of allylic oxidation sites excluding steroid dienone is 1. The number of hydrogen-bond acceptors (Lipinski definition) is 19. The monoisotopic (exact) mass is 1460 g/mol. The Morgan fingerprint density at radius 3 is 2.21 bits per heavy atom. The van der Waals surface area contributed by atoms with E-state index in [-0.39, 0.29) is 54.7 Å². The standard InChI is InChI=1S/C71H89ClF3N11O11S3/c1-49(67(89)79-50(2)87)86-46-53-10-8-13-63(66(53)69(86)91)78-29-39-96-40-41-97-47-56(76)44-77-28-9-14-65(88)85-37-31-82(32-38-85)30-26-57(48-98-59-11-6-5-7-12-59)80-62-24-23-60(42-64(62)99(92,93)71(73,74)75)100(94,95)81-68(90)52-17-21-58(22-18-52)84-35-33-83(34-36-84)45-54-43-70(3,4)27-25-61(54)51-15-19-55(72)20-16-51/h5-8,10-13,15-24,42,44,49,57,77-78,80H,9,14,25-41,43,45-48,76H2,1-4H3,(H,81,90)(H,79,87,89). The SMILES string of the molecule is CC(=O)NC(=O)C(C)N1Cc2cccc(NCCOCCOCC(N)=CNCCCC(=O)N3CCN(CCC(CSc4ccccc4)Nc4ccc(S(=O)(=O)NC(=O)c5ccc(N6CCN(CC7=C(c8ccc(Cl)cc8)CCC(C)(C)C7)CC6)cc5)cc4S(=O)(=O)C(F)(F)F)CC3)c2C1=O. The van der Waals surface area contributed by atoms with Crippen LogP contribution in [0.2, 0.25) is 5.02 Å². The largest absolute Gasteiger partial charge is 0.501 e. The Bertz CT molecular complexity index is 3990.